The molecule has 402 valence electrons. The molecule has 0 bridgehead atoms. The molecule has 0 unspecified atom stereocenters. The first kappa shape index (κ1) is 49.7. The van der Waals surface area contributed by atoms with E-state index in [9.17, 15) is 0 Å². The topological polar surface area (TPSA) is 0 Å². The summed E-state index contributed by atoms with van der Waals surface area (Å²) >= 11 is 0. The van der Waals surface area contributed by atoms with Gasteiger partial charge in [-0.1, -0.05) is 317 Å². The predicted octanol–water partition coefficient (Wildman–Crippen LogP) is 18.1. The van der Waals surface area contributed by atoms with Crippen molar-refractivity contribution in [3.8, 4) is 111 Å². The summed E-state index contributed by atoms with van der Waals surface area (Å²) in [6.45, 7) is 14.4. The fraction of sp³-hybridized carbons (Fsp3) is 0.0952. The van der Waals surface area contributed by atoms with Gasteiger partial charge in [-0.2, -0.15) is 0 Å². The first-order chi connectivity index (χ1) is 42.0. The minimum atomic E-state index is -0.0973. The van der Waals surface area contributed by atoms with E-state index in [2.05, 4.69) is 296 Å². The molecule has 0 spiro atoms. The molecule has 4 aliphatic rings. The van der Waals surface area contributed by atoms with Gasteiger partial charge >= 0.3 is 0 Å². The number of hydrogen-bond acceptors (Lipinski definition) is 0. The van der Waals surface area contributed by atoms with Crippen molar-refractivity contribution in [3.05, 3.63) is 266 Å². The molecule has 4 heterocycles. The lowest BCUT2D eigenvalue weighted by molar-refractivity contribution is 0.590. The molecule has 0 radical (unpaired) electrons. The van der Waals surface area contributed by atoms with Crippen LogP contribution in [0.5, 0.6) is 0 Å². The molecule has 2 heteroatoms. The molecular formula is C84H60B2. The molecule has 18 rings (SSSR count). The van der Waals surface area contributed by atoms with Crippen molar-refractivity contribution in [3.63, 3.8) is 0 Å². The Labute approximate surface area is 505 Å². The summed E-state index contributed by atoms with van der Waals surface area (Å²) in [5.41, 5.74) is 36.7. The molecule has 4 aliphatic heterocycles. The van der Waals surface area contributed by atoms with Crippen LogP contribution in [0.4, 0.5) is 0 Å². The maximum atomic E-state index is 2.72. The normalized spacial score (nSPS) is 13.2. The smallest absolute Gasteiger partial charge is 0.0664 e. The summed E-state index contributed by atoms with van der Waals surface area (Å²) < 4.78 is 0. The Hall–Kier alpha value is -9.75. The van der Waals surface area contributed by atoms with Crippen molar-refractivity contribution in [1.29, 1.82) is 0 Å². The first-order valence-corrected chi connectivity index (χ1v) is 30.9. The van der Waals surface area contributed by atoms with Gasteiger partial charge in [-0.3, -0.25) is 0 Å². The third-order valence-corrected chi connectivity index (χ3v) is 20.2. The van der Waals surface area contributed by atoms with E-state index in [0.717, 1.165) is 0 Å². The number of fused-ring (bicyclic) bond motifs is 10. The van der Waals surface area contributed by atoms with Crippen LogP contribution in [0.25, 0.3) is 144 Å². The monoisotopic (exact) mass is 1090 g/mol. The van der Waals surface area contributed by atoms with Gasteiger partial charge in [0.05, 0.1) is 0 Å². The highest BCUT2D eigenvalue weighted by Crippen LogP contribution is 2.55. The van der Waals surface area contributed by atoms with Crippen molar-refractivity contribution in [2.24, 2.45) is 0 Å². The quantitative estimate of drug-likeness (QED) is 0.115. The van der Waals surface area contributed by atoms with E-state index in [4.69, 9.17) is 0 Å². The van der Waals surface area contributed by atoms with E-state index in [1.807, 2.05) is 0 Å². The summed E-state index contributed by atoms with van der Waals surface area (Å²) in [5.74, 6) is 0. The van der Waals surface area contributed by atoms with Crippen LogP contribution in [0, 0.1) is 0 Å². The number of rotatable bonds is 6. The zero-order valence-electron chi connectivity index (χ0n) is 49.4. The average Bonchev–Trinajstić information content (AvgIpc) is 1.18. The fourth-order valence-corrected chi connectivity index (χ4v) is 16.3. The van der Waals surface area contributed by atoms with Crippen LogP contribution in [0.1, 0.15) is 52.7 Å². The highest BCUT2D eigenvalue weighted by molar-refractivity contribution is 7.03. The van der Waals surface area contributed by atoms with Crippen molar-refractivity contribution in [1.82, 2.24) is 0 Å². The van der Waals surface area contributed by atoms with Crippen LogP contribution in [-0.2, 0) is 10.8 Å². The third kappa shape index (κ3) is 6.90. The maximum absolute atomic E-state index is 2.72. The molecule has 0 saturated heterocycles. The van der Waals surface area contributed by atoms with Crippen molar-refractivity contribution in [2.45, 2.75) is 52.4 Å². The molecule has 86 heavy (non-hydrogen) atoms. The molecular weight excluding hydrogens is 1030 g/mol. The van der Waals surface area contributed by atoms with Gasteiger partial charge in [0.1, 0.15) is 0 Å². The molecule has 0 aromatic heterocycles. The van der Waals surface area contributed by atoms with Crippen LogP contribution in [-0.4, -0.2) is 13.4 Å². The van der Waals surface area contributed by atoms with Gasteiger partial charge in [0, 0.05) is 0 Å². The second-order valence-corrected chi connectivity index (χ2v) is 26.9. The lowest BCUT2D eigenvalue weighted by Gasteiger charge is -2.34. The summed E-state index contributed by atoms with van der Waals surface area (Å²) in [6.07, 6.45) is 0. The number of hydrogen-bond donors (Lipinski definition) is 0. The molecule has 0 N–H and O–H groups in total. The Balaban J connectivity index is 1.12. The van der Waals surface area contributed by atoms with E-state index in [0.29, 0.717) is 0 Å². The van der Waals surface area contributed by atoms with Gasteiger partial charge in [0.2, 0.25) is 13.4 Å². The molecule has 0 aliphatic carbocycles. The van der Waals surface area contributed by atoms with Crippen LogP contribution in [0.15, 0.2) is 255 Å². The largest absolute Gasteiger partial charge is 0.244 e. The minimum absolute atomic E-state index is 0.0314. The molecule has 0 fully saturated rings. The van der Waals surface area contributed by atoms with E-state index >= 15 is 0 Å². The van der Waals surface area contributed by atoms with Crippen LogP contribution in [0.3, 0.4) is 0 Å². The Bertz CT molecular complexity index is 4770. The van der Waals surface area contributed by atoms with Crippen LogP contribution < -0.4 is 32.8 Å². The molecule has 0 atom stereocenters. The third-order valence-electron chi connectivity index (χ3n) is 20.2. The van der Waals surface area contributed by atoms with Gasteiger partial charge in [-0.05, 0) is 178 Å². The van der Waals surface area contributed by atoms with Crippen molar-refractivity contribution >= 4 is 78.5 Å². The van der Waals surface area contributed by atoms with Crippen LogP contribution >= 0.6 is 0 Å². The highest BCUT2D eigenvalue weighted by Gasteiger charge is 2.46. The Kier molecular flexibility index (Phi) is 10.3. The van der Waals surface area contributed by atoms with Gasteiger partial charge < -0.3 is 0 Å². The van der Waals surface area contributed by atoms with Gasteiger partial charge in [0.25, 0.3) is 0 Å². The highest BCUT2D eigenvalue weighted by atomic mass is 14.4. The lowest BCUT2D eigenvalue weighted by atomic mass is 9.34. The SMILES string of the molecule is CC(C)(C)c1cc2c3c(c1)-c1cc(-c4c(-c5ccccc5)cccc4-c4ccccc4)c4cc5c6c(cc(-c7c(-c8ccccc8)cccc7-c7ccccc7)c7cc(c1c4c76)B3c1ccccc1-2)-c1cc(C(C)(C)C)cc2c1B5c1ccccc1-2. The van der Waals surface area contributed by atoms with Gasteiger partial charge in [-0.25, -0.2) is 0 Å². The van der Waals surface area contributed by atoms with Crippen molar-refractivity contribution in [2.75, 3.05) is 0 Å². The van der Waals surface area contributed by atoms with E-state index in [-0.39, 0.29) is 24.3 Å². The Morgan fingerprint density at radius 1 is 0.221 bits per heavy atom. The minimum Gasteiger partial charge on any atom is -0.0664 e. The first-order valence-electron chi connectivity index (χ1n) is 30.9. The summed E-state index contributed by atoms with van der Waals surface area (Å²) in [4.78, 5) is 0. The average molecular weight is 1090 g/mol. The second-order valence-electron chi connectivity index (χ2n) is 26.9. The zero-order chi connectivity index (χ0) is 57.5. The second kappa shape index (κ2) is 17.9. The standard InChI is InChI=1S/C84H60B2/c1-83(2,3)53-41-67-59-33-19-21-39-71(59)85-73-47-66-62(76-57(51-29-15-9-16-30-51)37-24-38-58(76)52-31-17-10-18-32-52)46-64-70-44-54(84(4,5)6)42-68-60-34-20-22-40-72(60)86(82(68)70)74-48-65-61(45-63(69(43-53)81(67)85)77(73)79(65)80(66)78(64)74)75-55(49-25-11-7-12-26-49)35-23-36-56(75)50-27-13-8-14-28-50/h7-48H,1-6H3. The summed E-state index contributed by atoms with van der Waals surface area (Å²) in [6, 6.07) is 98.6. The number of benzene rings is 14. The summed E-state index contributed by atoms with van der Waals surface area (Å²) in [5, 5.41) is 8.13. The Morgan fingerprint density at radius 2 is 0.512 bits per heavy atom. The van der Waals surface area contributed by atoms with E-state index in [1.165, 1.54) is 187 Å². The van der Waals surface area contributed by atoms with E-state index < -0.39 is 0 Å². The van der Waals surface area contributed by atoms with Gasteiger partial charge in [-0.15, -0.1) is 0 Å². The van der Waals surface area contributed by atoms with Gasteiger partial charge in [0.15, 0.2) is 0 Å². The Morgan fingerprint density at radius 3 is 0.837 bits per heavy atom. The van der Waals surface area contributed by atoms with E-state index in [1.54, 1.807) is 0 Å². The molecule has 0 nitrogen and oxygen atoms in total. The van der Waals surface area contributed by atoms with Crippen LogP contribution in [0.2, 0.25) is 0 Å². The maximum Gasteiger partial charge on any atom is 0.244 e. The molecule has 14 aromatic rings. The molecule has 0 saturated carbocycles. The summed E-state index contributed by atoms with van der Waals surface area (Å²) in [7, 11) is 0. The zero-order valence-corrected chi connectivity index (χ0v) is 49.4. The lowest BCUT2D eigenvalue weighted by Crippen LogP contribution is -2.53. The fourth-order valence-electron chi connectivity index (χ4n) is 16.3. The predicted molar refractivity (Wildman–Crippen MR) is 371 cm³/mol. The van der Waals surface area contributed by atoms with Crippen molar-refractivity contribution < 1.29 is 0 Å². The molecule has 14 aromatic carbocycles. The molecule has 0 amide bonds.